The van der Waals surface area contributed by atoms with E-state index in [0.717, 1.165) is 35.0 Å². The molecule has 0 radical (unpaired) electrons. The van der Waals surface area contributed by atoms with Crippen molar-refractivity contribution < 1.29 is 23.0 Å². The molecule has 0 aromatic carbocycles. The smallest absolute Gasteiger partial charge is 0.379 e. The van der Waals surface area contributed by atoms with Gasteiger partial charge in [-0.25, -0.2) is 9.97 Å². The number of hydrogen-bond acceptors (Lipinski definition) is 5. The Balaban J connectivity index is 0.000000628. The fraction of sp³-hybridized carbons (Fsp3) is 0.476. The fourth-order valence-electron chi connectivity index (χ4n) is 3.78. The van der Waals surface area contributed by atoms with Crippen LogP contribution < -0.4 is 4.74 Å². The van der Waals surface area contributed by atoms with Gasteiger partial charge in [-0.15, -0.1) is 0 Å². The molecule has 10 heteroatoms. The van der Waals surface area contributed by atoms with E-state index >= 15 is 0 Å². The van der Waals surface area contributed by atoms with Gasteiger partial charge in [0.25, 0.3) is 0 Å². The van der Waals surface area contributed by atoms with Crippen LogP contribution in [-0.4, -0.2) is 44.0 Å². The maximum absolute atomic E-state index is 9.67. The van der Waals surface area contributed by atoms with Gasteiger partial charge in [-0.2, -0.15) is 18.2 Å². The van der Waals surface area contributed by atoms with Gasteiger partial charge in [-0.05, 0) is 38.7 Å². The summed E-state index contributed by atoms with van der Waals surface area (Å²) in [6.45, 7) is -1.28. The molecule has 4 rings (SSSR count). The number of alkyl halides is 3. The van der Waals surface area contributed by atoms with Gasteiger partial charge in [-0.1, -0.05) is 18.0 Å². The lowest BCUT2D eigenvalue weighted by atomic mass is 9.98. The SMILES string of the molecule is Cc1nc(OC2CCCCC2)cc(-c2cn(CCO)c3ccnc(Cl)c23)n1.FC(F)F. The van der Waals surface area contributed by atoms with Crippen molar-refractivity contribution >= 4 is 22.5 Å². The van der Waals surface area contributed by atoms with Crippen LogP contribution >= 0.6 is 11.6 Å². The average molecular weight is 457 g/mol. The molecule has 0 amide bonds. The van der Waals surface area contributed by atoms with E-state index in [9.17, 15) is 18.3 Å². The van der Waals surface area contributed by atoms with Gasteiger partial charge in [0.15, 0.2) is 0 Å². The summed E-state index contributed by atoms with van der Waals surface area (Å²) in [5, 5.41) is 10.6. The summed E-state index contributed by atoms with van der Waals surface area (Å²) in [5.41, 5.74) is 2.55. The quantitative estimate of drug-likeness (QED) is 0.525. The van der Waals surface area contributed by atoms with E-state index in [4.69, 9.17) is 16.3 Å². The molecular formula is C21H24ClF3N4O2. The predicted molar refractivity (Wildman–Crippen MR) is 112 cm³/mol. The summed E-state index contributed by atoms with van der Waals surface area (Å²) >= 11 is 6.40. The molecule has 1 N–H and O–H groups in total. The first kappa shape index (κ1) is 23.3. The van der Waals surface area contributed by atoms with Crippen molar-refractivity contribution in [2.24, 2.45) is 0 Å². The highest BCUT2D eigenvalue weighted by Crippen LogP contribution is 2.35. The Hall–Kier alpha value is -2.39. The van der Waals surface area contributed by atoms with E-state index in [-0.39, 0.29) is 12.7 Å². The van der Waals surface area contributed by atoms with Crippen molar-refractivity contribution in [3.05, 3.63) is 35.5 Å². The zero-order valence-electron chi connectivity index (χ0n) is 17.1. The first-order valence-electron chi connectivity index (χ1n) is 10.1. The minimum atomic E-state index is -3.67. The molecule has 0 spiro atoms. The zero-order valence-corrected chi connectivity index (χ0v) is 17.8. The van der Waals surface area contributed by atoms with Gasteiger partial charge >= 0.3 is 6.68 Å². The molecule has 1 aliphatic carbocycles. The van der Waals surface area contributed by atoms with Gasteiger partial charge in [0.05, 0.1) is 17.8 Å². The standard InChI is InChI=1S/C20H23ClN4O2.CHF3/c1-13-23-16(11-18(24-13)27-14-5-3-2-4-6-14)15-12-25(9-10-26)17-7-8-22-20(21)19(15)17;2-1(3)4/h7-8,11-12,14,26H,2-6,9-10H2,1H3;1H. The lowest BCUT2D eigenvalue weighted by Gasteiger charge is -2.22. The number of rotatable bonds is 5. The highest BCUT2D eigenvalue weighted by Gasteiger charge is 2.19. The molecule has 0 saturated heterocycles. The van der Waals surface area contributed by atoms with Crippen LogP contribution in [0.25, 0.3) is 22.2 Å². The number of aryl methyl sites for hydroxylation is 1. The van der Waals surface area contributed by atoms with Crippen LogP contribution in [0.2, 0.25) is 5.15 Å². The Morgan fingerprint density at radius 3 is 2.61 bits per heavy atom. The summed E-state index contributed by atoms with van der Waals surface area (Å²) in [4.78, 5) is 13.3. The topological polar surface area (TPSA) is 73.1 Å². The molecule has 6 nitrogen and oxygen atoms in total. The van der Waals surface area contributed by atoms with Crippen molar-refractivity contribution in [1.82, 2.24) is 19.5 Å². The third kappa shape index (κ3) is 6.07. The van der Waals surface area contributed by atoms with Gasteiger partial charge < -0.3 is 14.4 Å². The Labute approximate surface area is 183 Å². The van der Waals surface area contributed by atoms with Crippen molar-refractivity contribution in [2.45, 2.75) is 58.4 Å². The summed E-state index contributed by atoms with van der Waals surface area (Å²) in [5.74, 6) is 1.26. The second kappa shape index (κ2) is 10.8. The molecule has 3 aromatic rings. The van der Waals surface area contributed by atoms with Crippen LogP contribution in [0.5, 0.6) is 5.88 Å². The molecule has 0 aliphatic heterocycles. The van der Waals surface area contributed by atoms with Crippen LogP contribution in [0.1, 0.15) is 37.9 Å². The zero-order chi connectivity index (χ0) is 22.4. The number of pyridine rings is 1. The second-order valence-electron chi connectivity index (χ2n) is 7.22. The summed E-state index contributed by atoms with van der Waals surface area (Å²) < 4.78 is 37.1. The van der Waals surface area contributed by atoms with Crippen LogP contribution in [-0.2, 0) is 6.54 Å². The van der Waals surface area contributed by atoms with Crippen molar-refractivity contribution in [1.29, 1.82) is 0 Å². The normalized spacial score (nSPS) is 14.5. The number of aromatic nitrogens is 4. The third-order valence-electron chi connectivity index (χ3n) is 5.02. The number of nitrogens with zero attached hydrogens (tertiary/aromatic N) is 4. The van der Waals surface area contributed by atoms with Crippen molar-refractivity contribution in [3.63, 3.8) is 0 Å². The molecule has 0 atom stereocenters. The third-order valence-corrected chi connectivity index (χ3v) is 5.30. The monoisotopic (exact) mass is 456 g/mol. The van der Waals surface area contributed by atoms with E-state index < -0.39 is 6.68 Å². The fourth-order valence-corrected chi connectivity index (χ4v) is 4.04. The van der Waals surface area contributed by atoms with Gasteiger partial charge in [0.1, 0.15) is 17.1 Å². The van der Waals surface area contributed by atoms with E-state index in [1.807, 2.05) is 29.8 Å². The maximum atomic E-state index is 9.67. The van der Waals surface area contributed by atoms with Crippen LogP contribution in [0.15, 0.2) is 24.5 Å². The number of aliphatic hydroxyl groups excluding tert-OH is 1. The molecule has 3 aromatic heterocycles. The molecular weight excluding hydrogens is 433 g/mol. The first-order chi connectivity index (χ1) is 14.9. The second-order valence-corrected chi connectivity index (χ2v) is 7.58. The molecule has 0 unspecified atom stereocenters. The molecule has 1 aliphatic rings. The van der Waals surface area contributed by atoms with Crippen LogP contribution in [0.3, 0.4) is 0 Å². The number of aliphatic hydroxyl groups is 1. The van der Waals surface area contributed by atoms with Crippen LogP contribution in [0.4, 0.5) is 13.2 Å². The summed E-state index contributed by atoms with van der Waals surface area (Å²) in [7, 11) is 0. The molecule has 3 heterocycles. The van der Waals surface area contributed by atoms with Gasteiger partial charge in [-0.3, -0.25) is 0 Å². The van der Waals surface area contributed by atoms with E-state index in [2.05, 4.69) is 15.0 Å². The largest absolute Gasteiger partial charge is 0.474 e. The Kier molecular flexibility index (Phi) is 8.09. The van der Waals surface area contributed by atoms with Crippen LogP contribution in [0, 0.1) is 6.92 Å². The Bertz CT molecular complexity index is 1010. The molecule has 1 saturated carbocycles. The summed E-state index contributed by atoms with van der Waals surface area (Å²) in [6, 6.07) is 3.77. The summed E-state index contributed by atoms with van der Waals surface area (Å²) in [6.07, 6.45) is 9.69. The van der Waals surface area contributed by atoms with E-state index in [1.165, 1.54) is 19.3 Å². The Morgan fingerprint density at radius 2 is 1.94 bits per heavy atom. The van der Waals surface area contributed by atoms with Crippen molar-refractivity contribution in [3.8, 4) is 17.1 Å². The minimum Gasteiger partial charge on any atom is -0.474 e. The first-order valence-corrected chi connectivity index (χ1v) is 10.5. The van der Waals surface area contributed by atoms with Gasteiger partial charge in [0.2, 0.25) is 5.88 Å². The maximum Gasteiger partial charge on any atom is 0.379 e. The molecule has 168 valence electrons. The number of hydrogen-bond donors (Lipinski definition) is 1. The molecule has 0 bridgehead atoms. The van der Waals surface area contributed by atoms with E-state index in [0.29, 0.717) is 23.4 Å². The molecule has 1 fully saturated rings. The molecule has 31 heavy (non-hydrogen) atoms. The predicted octanol–water partition coefficient (Wildman–Crippen LogP) is 5.34. The lowest BCUT2D eigenvalue weighted by Crippen LogP contribution is -2.20. The number of ether oxygens (including phenoxy) is 1. The average Bonchev–Trinajstić information content (AvgIpc) is 3.08. The number of halogens is 4. The van der Waals surface area contributed by atoms with Crippen molar-refractivity contribution in [2.75, 3.05) is 6.61 Å². The van der Waals surface area contributed by atoms with Gasteiger partial charge in [0, 0.05) is 36.0 Å². The number of fused-ring (bicyclic) bond motifs is 1. The Morgan fingerprint density at radius 1 is 1.23 bits per heavy atom. The highest BCUT2D eigenvalue weighted by atomic mass is 35.5. The lowest BCUT2D eigenvalue weighted by molar-refractivity contribution is 0.00819. The minimum absolute atomic E-state index is 0.0437. The van der Waals surface area contributed by atoms with E-state index in [1.54, 1.807) is 6.20 Å². The highest BCUT2D eigenvalue weighted by molar-refractivity contribution is 6.35.